The Hall–Kier alpha value is -1.01. The normalized spacial score (nSPS) is 23.7. The number of anilines is 2. The van der Waals surface area contributed by atoms with Crippen molar-refractivity contribution in [2.75, 3.05) is 37.2 Å². The van der Waals surface area contributed by atoms with Crippen LogP contribution in [0.3, 0.4) is 0 Å². The van der Waals surface area contributed by atoms with E-state index in [1.54, 1.807) is 0 Å². The minimum absolute atomic E-state index is 0.0344. The van der Waals surface area contributed by atoms with Gasteiger partial charge in [-0.3, -0.25) is 0 Å². The molecule has 2 heterocycles. The molecule has 18 heavy (non-hydrogen) atoms. The largest absolute Gasteiger partial charge is 0.379 e. The summed E-state index contributed by atoms with van der Waals surface area (Å²) in [6.07, 6.45) is 4.16. The number of hydrogen-bond acceptors (Lipinski definition) is 6. The van der Waals surface area contributed by atoms with Gasteiger partial charge in [-0.25, -0.2) is 9.97 Å². The Morgan fingerprint density at radius 1 is 1.39 bits per heavy atom. The first kappa shape index (κ1) is 13.4. The third-order valence-electron chi connectivity index (χ3n) is 3.01. The number of aromatic nitrogens is 2. The molecule has 1 aliphatic heterocycles. The molecule has 1 aromatic heterocycles. The fourth-order valence-electron chi connectivity index (χ4n) is 2.05. The highest BCUT2D eigenvalue weighted by Gasteiger charge is 2.27. The van der Waals surface area contributed by atoms with Crippen LogP contribution in [0.2, 0.25) is 0 Å². The molecule has 0 aliphatic carbocycles. The maximum atomic E-state index is 5.54. The van der Waals surface area contributed by atoms with Crippen molar-refractivity contribution in [2.24, 2.45) is 0 Å². The number of hydrogen-bond donors (Lipinski definition) is 2. The van der Waals surface area contributed by atoms with Gasteiger partial charge in [-0.1, -0.05) is 11.8 Å². The minimum Gasteiger partial charge on any atom is -0.379 e. The van der Waals surface area contributed by atoms with Gasteiger partial charge < -0.3 is 15.4 Å². The average Bonchev–Trinajstić information content (AvgIpc) is 2.38. The zero-order valence-electron chi connectivity index (χ0n) is 11.1. The summed E-state index contributed by atoms with van der Waals surface area (Å²) in [5.41, 5.74) is -0.0344. The topological polar surface area (TPSA) is 59.1 Å². The fraction of sp³-hybridized carbons (Fsp3) is 0.667. The lowest BCUT2D eigenvalue weighted by Gasteiger charge is -2.34. The first-order valence-corrected chi connectivity index (χ1v) is 7.34. The zero-order valence-corrected chi connectivity index (χ0v) is 11.9. The monoisotopic (exact) mass is 268 g/mol. The molecule has 1 fully saturated rings. The van der Waals surface area contributed by atoms with E-state index < -0.39 is 0 Å². The van der Waals surface area contributed by atoms with Crippen LogP contribution < -0.4 is 10.6 Å². The molecular formula is C12H20N4OS. The van der Waals surface area contributed by atoms with Crippen LogP contribution in [0.5, 0.6) is 0 Å². The summed E-state index contributed by atoms with van der Waals surface area (Å²) < 4.78 is 5.54. The van der Waals surface area contributed by atoms with Crippen LogP contribution in [0.15, 0.2) is 11.2 Å². The molecule has 0 amide bonds. The van der Waals surface area contributed by atoms with Crippen LogP contribution >= 0.6 is 11.8 Å². The van der Waals surface area contributed by atoms with Crippen molar-refractivity contribution in [3.05, 3.63) is 6.07 Å². The van der Waals surface area contributed by atoms with Gasteiger partial charge in [-0.15, -0.1) is 0 Å². The Kier molecular flexibility index (Phi) is 4.29. The van der Waals surface area contributed by atoms with Gasteiger partial charge in [-0.05, 0) is 26.0 Å². The molecule has 1 saturated heterocycles. The third kappa shape index (κ3) is 3.26. The molecule has 6 heteroatoms. The van der Waals surface area contributed by atoms with Crippen LogP contribution in [0.4, 0.5) is 11.6 Å². The molecule has 5 nitrogen and oxygen atoms in total. The van der Waals surface area contributed by atoms with Gasteiger partial charge >= 0.3 is 0 Å². The summed E-state index contributed by atoms with van der Waals surface area (Å²) in [6.45, 7) is 3.76. The summed E-state index contributed by atoms with van der Waals surface area (Å²) in [5.74, 6) is 1.68. The second-order valence-electron chi connectivity index (χ2n) is 4.72. The summed E-state index contributed by atoms with van der Waals surface area (Å²) in [4.78, 5) is 8.84. The van der Waals surface area contributed by atoms with Gasteiger partial charge in [0, 0.05) is 19.7 Å². The van der Waals surface area contributed by atoms with Crippen LogP contribution in [0.1, 0.15) is 19.8 Å². The third-order valence-corrected chi connectivity index (χ3v) is 3.56. The lowest BCUT2D eigenvalue weighted by Crippen LogP contribution is -2.43. The summed E-state index contributed by atoms with van der Waals surface area (Å²) in [7, 11) is 1.86. The van der Waals surface area contributed by atoms with Crippen LogP contribution in [0.25, 0.3) is 0 Å². The van der Waals surface area contributed by atoms with E-state index in [1.807, 2.05) is 19.4 Å². The Morgan fingerprint density at radius 2 is 2.17 bits per heavy atom. The molecule has 100 valence electrons. The summed E-state index contributed by atoms with van der Waals surface area (Å²) in [5, 5.41) is 7.30. The Bertz CT molecular complexity index is 385. The molecule has 0 radical (unpaired) electrons. The van der Waals surface area contributed by atoms with Gasteiger partial charge in [0.2, 0.25) is 0 Å². The Labute approximate surface area is 112 Å². The van der Waals surface area contributed by atoms with Gasteiger partial charge in [-0.2, -0.15) is 0 Å². The van der Waals surface area contributed by atoms with Crippen molar-refractivity contribution in [1.29, 1.82) is 0 Å². The maximum absolute atomic E-state index is 5.54. The number of rotatable bonds is 4. The average molecular weight is 268 g/mol. The van der Waals surface area contributed by atoms with Crippen molar-refractivity contribution in [3.63, 3.8) is 0 Å². The first-order valence-electron chi connectivity index (χ1n) is 6.12. The predicted octanol–water partition coefficient (Wildman–Crippen LogP) is 2.22. The highest BCUT2D eigenvalue weighted by Crippen LogP contribution is 2.25. The molecule has 2 rings (SSSR count). The Balaban J connectivity index is 2.16. The highest BCUT2D eigenvalue weighted by molar-refractivity contribution is 7.98. The van der Waals surface area contributed by atoms with Crippen LogP contribution in [-0.2, 0) is 4.74 Å². The Morgan fingerprint density at radius 3 is 2.78 bits per heavy atom. The number of ether oxygens (including phenoxy) is 1. The lowest BCUT2D eigenvalue weighted by molar-refractivity contribution is 0.0538. The molecule has 0 bridgehead atoms. The smallest absolute Gasteiger partial charge is 0.191 e. The molecule has 1 unspecified atom stereocenters. The summed E-state index contributed by atoms with van der Waals surface area (Å²) in [6, 6.07) is 1.93. The van der Waals surface area contributed by atoms with E-state index in [1.165, 1.54) is 11.8 Å². The van der Waals surface area contributed by atoms with E-state index in [0.717, 1.165) is 42.8 Å². The standard InChI is InChI=1S/C12H20N4OS/c1-12(5-4-6-17-8-12)16-10-7-9(13-2)14-11(15-10)18-3/h7H,4-6,8H2,1-3H3,(H2,13,14,15,16). The number of nitrogens with one attached hydrogen (secondary N) is 2. The van der Waals surface area contributed by atoms with Crippen molar-refractivity contribution < 1.29 is 4.74 Å². The van der Waals surface area contributed by atoms with Crippen molar-refractivity contribution >= 4 is 23.4 Å². The molecule has 0 saturated carbocycles. The van der Waals surface area contributed by atoms with Crippen molar-refractivity contribution in [3.8, 4) is 0 Å². The molecule has 1 aliphatic rings. The van der Waals surface area contributed by atoms with E-state index >= 15 is 0 Å². The van der Waals surface area contributed by atoms with E-state index in [-0.39, 0.29) is 5.54 Å². The molecular weight excluding hydrogens is 248 g/mol. The van der Waals surface area contributed by atoms with E-state index in [4.69, 9.17) is 4.74 Å². The van der Waals surface area contributed by atoms with Crippen molar-refractivity contribution in [1.82, 2.24) is 9.97 Å². The van der Waals surface area contributed by atoms with Crippen LogP contribution in [-0.4, -0.2) is 42.0 Å². The van der Waals surface area contributed by atoms with Gasteiger partial charge in [0.05, 0.1) is 12.1 Å². The molecule has 0 spiro atoms. The SMILES string of the molecule is CNc1cc(NC2(C)CCCOC2)nc(SC)n1. The molecule has 1 atom stereocenters. The van der Waals surface area contributed by atoms with Gasteiger partial charge in [0.1, 0.15) is 11.6 Å². The maximum Gasteiger partial charge on any atom is 0.191 e. The first-order chi connectivity index (χ1) is 8.65. The summed E-state index contributed by atoms with van der Waals surface area (Å²) >= 11 is 1.54. The molecule has 1 aromatic rings. The quantitative estimate of drug-likeness (QED) is 0.645. The van der Waals surface area contributed by atoms with E-state index in [9.17, 15) is 0 Å². The fourth-order valence-corrected chi connectivity index (χ4v) is 2.43. The lowest BCUT2D eigenvalue weighted by atomic mass is 9.95. The van der Waals surface area contributed by atoms with Gasteiger partial charge in [0.15, 0.2) is 5.16 Å². The molecule has 2 N–H and O–H groups in total. The molecule has 0 aromatic carbocycles. The highest BCUT2D eigenvalue weighted by atomic mass is 32.2. The van der Waals surface area contributed by atoms with Gasteiger partial charge in [0.25, 0.3) is 0 Å². The second kappa shape index (κ2) is 5.75. The number of nitrogens with zero attached hydrogens (tertiary/aromatic N) is 2. The zero-order chi connectivity index (χ0) is 13.0. The number of thioether (sulfide) groups is 1. The van der Waals surface area contributed by atoms with E-state index in [0.29, 0.717) is 0 Å². The predicted molar refractivity (Wildman–Crippen MR) is 75.4 cm³/mol. The van der Waals surface area contributed by atoms with E-state index in [2.05, 4.69) is 27.5 Å². The minimum atomic E-state index is -0.0344. The van der Waals surface area contributed by atoms with Crippen LogP contribution in [0, 0.1) is 0 Å². The second-order valence-corrected chi connectivity index (χ2v) is 5.49. The van der Waals surface area contributed by atoms with Crippen molar-refractivity contribution in [2.45, 2.75) is 30.5 Å².